The Balaban J connectivity index is 2.36. The number of rotatable bonds is 4. The van der Waals surface area contributed by atoms with Crippen LogP contribution in [0.4, 0.5) is 0 Å². The molecule has 5 nitrogen and oxygen atoms in total. The molecule has 0 spiro atoms. The number of carbonyl (C=O) groups is 2. The molecule has 2 aromatic rings. The number of hydrogen-bond donors (Lipinski definition) is 3. The average molecular weight is 326 g/mol. The van der Waals surface area contributed by atoms with Crippen molar-refractivity contribution in [3.63, 3.8) is 0 Å². The van der Waals surface area contributed by atoms with Crippen LogP contribution in [-0.4, -0.2) is 22.5 Å². The maximum Gasteiger partial charge on any atom is 0.278 e. The summed E-state index contributed by atoms with van der Waals surface area (Å²) in [4.78, 5) is 25.1. The predicted octanol–water partition coefficient (Wildman–Crippen LogP) is 2.18. The highest BCUT2D eigenvalue weighted by molar-refractivity contribution is 5.99. The Morgan fingerprint density at radius 2 is 1.33 bits per heavy atom. The number of hydrogen-bond acceptors (Lipinski definition) is 3. The Hall–Kier alpha value is -2.66. The van der Waals surface area contributed by atoms with Gasteiger partial charge in [0.15, 0.2) is 0 Å². The van der Waals surface area contributed by atoms with E-state index in [1.165, 1.54) is 0 Å². The first-order chi connectivity index (χ1) is 11.2. The van der Waals surface area contributed by atoms with Crippen molar-refractivity contribution in [2.45, 2.75) is 32.0 Å². The van der Waals surface area contributed by atoms with Crippen molar-refractivity contribution in [2.24, 2.45) is 0 Å². The van der Waals surface area contributed by atoms with Gasteiger partial charge in [-0.25, -0.2) is 0 Å². The van der Waals surface area contributed by atoms with E-state index in [4.69, 9.17) is 0 Å². The van der Waals surface area contributed by atoms with Gasteiger partial charge in [0.2, 0.25) is 5.72 Å². The molecule has 0 radical (unpaired) electrons. The van der Waals surface area contributed by atoms with Crippen LogP contribution in [0.5, 0.6) is 0 Å². The lowest BCUT2D eigenvalue weighted by molar-refractivity contribution is -0.145. The molecule has 0 fully saturated rings. The summed E-state index contributed by atoms with van der Waals surface area (Å²) in [5, 5.41) is 16.2. The van der Waals surface area contributed by atoms with Crippen LogP contribution in [0, 0.1) is 0 Å². The van der Waals surface area contributed by atoms with Gasteiger partial charge in [-0.1, -0.05) is 48.5 Å². The zero-order valence-corrected chi connectivity index (χ0v) is 14.0. The van der Waals surface area contributed by atoms with Gasteiger partial charge in [0.25, 0.3) is 11.8 Å². The first-order valence-electron chi connectivity index (χ1n) is 7.70. The van der Waals surface area contributed by atoms with Crippen molar-refractivity contribution in [3.05, 3.63) is 71.8 Å². The minimum atomic E-state index is -2.17. The number of carbonyl (C=O) groups excluding carboxylic acids is 2. The SMILES string of the molecule is CC(C)(C)NC(=O)C(O)(NC(=O)c1ccccc1)c1ccccc1. The average Bonchev–Trinajstić information content (AvgIpc) is 2.54. The highest BCUT2D eigenvalue weighted by Crippen LogP contribution is 2.20. The van der Waals surface area contributed by atoms with Gasteiger partial charge in [-0.2, -0.15) is 0 Å². The van der Waals surface area contributed by atoms with Gasteiger partial charge in [0.05, 0.1) is 0 Å². The summed E-state index contributed by atoms with van der Waals surface area (Å²) in [6, 6.07) is 16.8. The van der Waals surface area contributed by atoms with Crippen LogP contribution in [0.2, 0.25) is 0 Å². The van der Waals surface area contributed by atoms with E-state index in [9.17, 15) is 14.7 Å². The fourth-order valence-electron chi connectivity index (χ4n) is 2.20. The Morgan fingerprint density at radius 1 is 0.833 bits per heavy atom. The molecular formula is C19H22N2O3. The molecule has 5 heteroatoms. The number of aliphatic hydroxyl groups is 1. The molecule has 126 valence electrons. The van der Waals surface area contributed by atoms with Crippen molar-refractivity contribution >= 4 is 11.8 Å². The van der Waals surface area contributed by atoms with E-state index in [1.54, 1.807) is 81.4 Å². The van der Waals surface area contributed by atoms with Gasteiger partial charge in [-0.3, -0.25) is 9.59 Å². The number of nitrogens with one attached hydrogen (secondary N) is 2. The summed E-state index contributed by atoms with van der Waals surface area (Å²) in [5.74, 6) is -1.23. The molecule has 0 heterocycles. The van der Waals surface area contributed by atoms with Crippen molar-refractivity contribution in [3.8, 4) is 0 Å². The highest BCUT2D eigenvalue weighted by Gasteiger charge is 2.41. The molecule has 1 unspecified atom stereocenters. The van der Waals surface area contributed by atoms with E-state index in [2.05, 4.69) is 10.6 Å². The fraction of sp³-hybridized carbons (Fsp3) is 0.263. The van der Waals surface area contributed by atoms with Crippen LogP contribution >= 0.6 is 0 Å². The topological polar surface area (TPSA) is 78.4 Å². The van der Waals surface area contributed by atoms with Crippen molar-refractivity contribution in [1.82, 2.24) is 10.6 Å². The highest BCUT2D eigenvalue weighted by atomic mass is 16.3. The maximum absolute atomic E-state index is 12.7. The van der Waals surface area contributed by atoms with Gasteiger partial charge in [0, 0.05) is 16.7 Å². The van der Waals surface area contributed by atoms with E-state index in [0.29, 0.717) is 5.56 Å². The van der Waals surface area contributed by atoms with Crippen LogP contribution < -0.4 is 10.6 Å². The van der Waals surface area contributed by atoms with Crippen LogP contribution in [0.25, 0.3) is 0 Å². The summed E-state index contributed by atoms with van der Waals surface area (Å²) in [6.07, 6.45) is 0. The summed E-state index contributed by atoms with van der Waals surface area (Å²) in [5.41, 5.74) is -2.08. The Kier molecular flexibility index (Phi) is 5.04. The lowest BCUT2D eigenvalue weighted by Crippen LogP contribution is -2.59. The van der Waals surface area contributed by atoms with Crippen LogP contribution in [0.1, 0.15) is 36.7 Å². The lowest BCUT2D eigenvalue weighted by atomic mass is 9.99. The zero-order chi connectivity index (χ0) is 17.8. The molecule has 2 aromatic carbocycles. The second kappa shape index (κ2) is 6.84. The monoisotopic (exact) mass is 326 g/mol. The molecule has 2 amide bonds. The van der Waals surface area contributed by atoms with Gasteiger partial charge in [-0.05, 0) is 32.9 Å². The third-order valence-electron chi connectivity index (χ3n) is 3.34. The quantitative estimate of drug-likeness (QED) is 0.754. The van der Waals surface area contributed by atoms with E-state index in [0.717, 1.165) is 0 Å². The third-order valence-corrected chi connectivity index (χ3v) is 3.34. The van der Waals surface area contributed by atoms with E-state index in [-0.39, 0.29) is 5.56 Å². The minimum absolute atomic E-state index is 0.288. The first-order valence-corrected chi connectivity index (χ1v) is 7.70. The molecule has 0 bridgehead atoms. The standard InChI is InChI=1S/C19H22N2O3/c1-18(2,3)21-17(23)19(24,15-12-8-5-9-13-15)20-16(22)14-10-6-4-7-11-14/h4-13,24H,1-3H3,(H,20,22)(H,21,23). The molecule has 24 heavy (non-hydrogen) atoms. The van der Waals surface area contributed by atoms with Crippen molar-refractivity contribution in [1.29, 1.82) is 0 Å². The zero-order valence-electron chi connectivity index (χ0n) is 14.0. The van der Waals surface area contributed by atoms with Crippen molar-refractivity contribution in [2.75, 3.05) is 0 Å². The Labute approximate surface area is 141 Å². The largest absolute Gasteiger partial charge is 0.359 e. The molecule has 0 saturated carbocycles. The van der Waals surface area contributed by atoms with E-state index >= 15 is 0 Å². The van der Waals surface area contributed by atoms with E-state index < -0.39 is 23.1 Å². The lowest BCUT2D eigenvalue weighted by Gasteiger charge is -2.32. The molecule has 1 atom stereocenters. The van der Waals surface area contributed by atoms with Gasteiger partial charge in [0.1, 0.15) is 0 Å². The summed E-state index contributed by atoms with van der Waals surface area (Å²) in [7, 11) is 0. The van der Waals surface area contributed by atoms with E-state index in [1.807, 2.05) is 0 Å². The van der Waals surface area contributed by atoms with Crippen LogP contribution in [0.3, 0.4) is 0 Å². The van der Waals surface area contributed by atoms with Gasteiger partial charge < -0.3 is 15.7 Å². The summed E-state index contributed by atoms with van der Waals surface area (Å²) < 4.78 is 0. The molecule has 0 saturated heterocycles. The third kappa shape index (κ3) is 4.20. The second-order valence-electron chi connectivity index (χ2n) is 6.60. The molecule has 0 aromatic heterocycles. The smallest absolute Gasteiger partial charge is 0.278 e. The van der Waals surface area contributed by atoms with Gasteiger partial charge in [-0.15, -0.1) is 0 Å². The fourth-order valence-corrected chi connectivity index (χ4v) is 2.20. The maximum atomic E-state index is 12.7. The molecule has 0 aliphatic rings. The molecule has 0 aliphatic carbocycles. The first kappa shape index (κ1) is 17.7. The van der Waals surface area contributed by atoms with Crippen LogP contribution in [-0.2, 0) is 10.5 Å². The summed E-state index contributed by atoms with van der Waals surface area (Å²) >= 11 is 0. The predicted molar refractivity (Wildman–Crippen MR) is 92.1 cm³/mol. The normalized spacial score (nSPS) is 13.7. The van der Waals surface area contributed by atoms with Crippen molar-refractivity contribution < 1.29 is 14.7 Å². The summed E-state index contributed by atoms with van der Waals surface area (Å²) in [6.45, 7) is 5.40. The molecular weight excluding hydrogens is 304 g/mol. The minimum Gasteiger partial charge on any atom is -0.359 e. The number of amides is 2. The number of benzene rings is 2. The van der Waals surface area contributed by atoms with Gasteiger partial charge >= 0.3 is 0 Å². The molecule has 3 N–H and O–H groups in total. The van der Waals surface area contributed by atoms with Crippen LogP contribution in [0.15, 0.2) is 60.7 Å². The molecule has 2 rings (SSSR count). The second-order valence-corrected chi connectivity index (χ2v) is 6.60. The molecule has 0 aliphatic heterocycles. The Morgan fingerprint density at radius 3 is 1.83 bits per heavy atom. The Bertz CT molecular complexity index is 708.